The van der Waals surface area contributed by atoms with E-state index in [1.807, 2.05) is 12.1 Å². The number of aromatic amines is 1. The van der Waals surface area contributed by atoms with Crippen LogP contribution < -0.4 is 5.32 Å². The van der Waals surface area contributed by atoms with Crippen molar-refractivity contribution in [2.75, 3.05) is 19.5 Å². The van der Waals surface area contributed by atoms with Crippen molar-refractivity contribution in [3.63, 3.8) is 0 Å². The van der Waals surface area contributed by atoms with E-state index in [0.717, 1.165) is 15.4 Å². The third-order valence-corrected chi connectivity index (χ3v) is 5.43. The molecule has 9 heteroatoms. The summed E-state index contributed by atoms with van der Waals surface area (Å²) in [4.78, 5) is 17.1. The van der Waals surface area contributed by atoms with Gasteiger partial charge in [-0.1, -0.05) is 16.6 Å². The van der Waals surface area contributed by atoms with E-state index in [4.69, 9.17) is 4.84 Å². The highest BCUT2D eigenvalue weighted by molar-refractivity contribution is 7.89. The molecule has 0 radical (unpaired) electrons. The molecule has 0 atom stereocenters. The molecule has 0 saturated carbocycles. The lowest BCUT2D eigenvalue weighted by atomic mass is 10.2. The van der Waals surface area contributed by atoms with Crippen LogP contribution in [0.1, 0.15) is 10.4 Å². The number of nitrogens with zero attached hydrogens (tertiary/aromatic N) is 2. The number of H-pyrrole nitrogens is 1. The molecule has 2 aromatic carbocycles. The second kappa shape index (κ2) is 6.63. The van der Waals surface area contributed by atoms with Crippen LogP contribution in [0.2, 0.25) is 0 Å². The minimum Gasteiger partial charge on any atom is -0.320 e. The number of fused-ring (bicyclic) bond motifs is 1. The number of hydroxylamine groups is 1. The van der Waals surface area contributed by atoms with Crippen molar-refractivity contribution in [1.29, 1.82) is 0 Å². The van der Waals surface area contributed by atoms with Gasteiger partial charge in [-0.25, -0.2) is 8.42 Å². The molecule has 0 spiro atoms. The fraction of sp³-hybridized carbons (Fsp3) is 0.125. The van der Waals surface area contributed by atoms with Gasteiger partial charge in [0.05, 0.1) is 29.4 Å². The molecule has 8 nitrogen and oxygen atoms in total. The van der Waals surface area contributed by atoms with Gasteiger partial charge < -0.3 is 5.32 Å². The van der Waals surface area contributed by atoms with Crippen molar-refractivity contribution in [2.24, 2.45) is 0 Å². The van der Waals surface area contributed by atoms with Gasteiger partial charge in [-0.3, -0.25) is 14.7 Å². The first-order valence-electron chi connectivity index (χ1n) is 7.30. The monoisotopic (exact) mass is 360 g/mol. The lowest BCUT2D eigenvalue weighted by molar-refractivity contribution is -0.0258. The summed E-state index contributed by atoms with van der Waals surface area (Å²) in [5.41, 5.74) is 1.64. The number of carbonyl (C=O) groups is 1. The molecule has 2 N–H and O–H groups in total. The number of nitrogens with one attached hydrogen (secondary N) is 2. The van der Waals surface area contributed by atoms with Crippen molar-refractivity contribution in [3.8, 4) is 0 Å². The molecule has 0 aliphatic rings. The van der Waals surface area contributed by atoms with Gasteiger partial charge in [0.2, 0.25) is 0 Å². The van der Waals surface area contributed by atoms with E-state index >= 15 is 0 Å². The highest BCUT2D eigenvalue weighted by atomic mass is 32.2. The fourth-order valence-electron chi connectivity index (χ4n) is 2.29. The molecule has 0 aliphatic heterocycles. The molecular formula is C16H16N4O4S. The minimum atomic E-state index is -3.75. The molecule has 0 fully saturated rings. The molecule has 1 aromatic heterocycles. The fourth-order valence-corrected chi connectivity index (χ4v) is 3.27. The normalized spacial score (nSPS) is 11.8. The zero-order chi connectivity index (χ0) is 18.0. The number of benzene rings is 2. The second-order valence-electron chi connectivity index (χ2n) is 5.22. The van der Waals surface area contributed by atoms with E-state index in [2.05, 4.69) is 15.5 Å². The molecule has 0 unspecified atom stereocenters. The van der Waals surface area contributed by atoms with Crippen molar-refractivity contribution in [3.05, 3.63) is 54.2 Å². The highest BCUT2D eigenvalue weighted by Gasteiger charge is 2.21. The quantitative estimate of drug-likeness (QED) is 0.677. The van der Waals surface area contributed by atoms with E-state index in [0.29, 0.717) is 11.3 Å². The lowest BCUT2D eigenvalue weighted by Gasteiger charge is -2.14. The van der Waals surface area contributed by atoms with Crippen LogP contribution >= 0.6 is 0 Å². The first kappa shape index (κ1) is 17.1. The van der Waals surface area contributed by atoms with Gasteiger partial charge in [-0.05, 0) is 30.3 Å². The van der Waals surface area contributed by atoms with E-state index < -0.39 is 10.0 Å². The Morgan fingerprint density at radius 3 is 2.60 bits per heavy atom. The second-order valence-corrected chi connectivity index (χ2v) is 7.15. The molecule has 3 aromatic rings. The maximum atomic E-state index is 12.4. The summed E-state index contributed by atoms with van der Waals surface area (Å²) in [5, 5.41) is 10.4. The van der Waals surface area contributed by atoms with Crippen molar-refractivity contribution in [2.45, 2.75) is 4.90 Å². The smallest absolute Gasteiger partial charge is 0.264 e. The van der Waals surface area contributed by atoms with Gasteiger partial charge in [0.15, 0.2) is 0 Å². The van der Waals surface area contributed by atoms with Gasteiger partial charge in [-0.15, -0.1) is 0 Å². The van der Waals surface area contributed by atoms with E-state index in [1.165, 1.54) is 38.4 Å². The standard InChI is InChI=1S/C16H16N4O4S/c1-20(24-2)25(22,23)13-8-6-11(7-9-13)16(21)18-14-5-3-4-12-10-17-19-15(12)14/h3-10H,1-2H3,(H,17,19)(H,18,21). The van der Waals surface area contributed by atoms with E-state index in [9.17, 15) is 13.2 Å². The number of rotatable bonds is 5. The van der Waals surface area contributed by atoms with Crippen LogP contribution in [0.3, 0.4) is 0 Å². The average Bonchev–Trinajstić information content (AvgIpc) is 3.10. The number of aromatic nitrogens is 2. The van der Waals surface area contributed by atoms with Gasteiger partial charge in [-0.2, -0.15) is 5.10 Å². The van der Waals surface area contributed by atoms with Crippen LogP contribution in [0.5, 0.6) is 0 Å². The van der Waals surface area contributed by atoms with Crippen LogP contribution in [-0.2, 0) is 14.9 Å². The third kappa shape index (κ3) is 3.25. The predicted molar refractivity (Wildman–Crippen MR) is 92.4 cm³/mol. The summed E-state index contributed by atoms with van der Waals surface area (Å²) in [6, 6.07) is 11.0. The zero-order valence-corrected chi connectivity index (χ0v) is 14.4. The Kier molecular flexibility index (Phi) is 4.53. The summed E-state index contributed by atoms with van der Waals surface area (Å²) in [5.74, 6) is -0.355. The summed E-state index contributed by atoms with van der Waals surface area (Å²) in [7, 11) is -1.19. The number of hydrogen-bond donors (Lipinski definition) is 2. The number of para-hydroxylation sites is 1. The molecule has 0 aliphatic carbocycles. The third-order valence-electron chi connectivity index (χ3n) is 3.73. The number of anilines is 1. The molecule has 0 saturated heterocycles. The lowest BCUT2D eigenvalue weighted by Crippen LogP contribution is -2.25. The summed E-state index contributed by atoms with van der Waals surface area (Å²) < 4.78 is 25.0. The Balaban J connectivity index is 1.83. The maximum absolute atomic E-state index is 12.4. The van der Waals surface area contributed by atoms with Gasteiger partial charge in [0.1, 0.15) is 0 Å². The van der Waals surface area contributed by atoms with Crippen LogP contribution in [-0.4, -0.2) is 43.1 Å². The Labute approximate surface area is 144 Å². The van der Waals surface area contributed by atoms with E-state index in [-0.39, 0.29) is 10.8 Å². The maximum Gasteiger partial charge on any atom is 0.264 e. The van der Waals surface area contributed by atoms with Crippen molar-refractivity contribution >= 4 is 32.5 Å². The predicted octanol–water partition coefficient (Wildman–Crippen LogP) is 2.00. The largest absolute Gasteiger partial charge is 0.320 e. The molecule has 130 valence electrons. The topological polar surface area (TPSA) is 104 Å². The minimum absolute atomic E-state index is 0.0315. The average molecular weight is 360 g/mol. The molecule has 1 amide bonds. The summed E-state index contributed by atoms with van der Waals surface area (Å²) in [6.45, 7) is 0. The van der Waals surface area contributed by atoms with E-state index in [1.54, 1.807) is 12.3 Å². The number of hydrogen-bond acceptors (Lipinski definition) is 5. The van der Waals surface area contributed by atoms with Crippen LogP contribution in [0.15, 0.2) is 53.6 Å². The Bertz CT molecular complexity index is 1010. The first-order valence-corrected chi connectivity index (χ1v) is 8.74. The Morgan fingerprint density at radius 2 is 1.92 bits per heavy atom. The first-order chi connectivity index (χ1) is 11.9. The van der Waals surface area contributed by atoms with Gasteiger partial charge >= 0.3 is 0 Å². The Hall–Kier alpha value is -2.75. The molecule has 3 rings (SSSR count). The number of carbonyl (C=O) groups excluding carboxylic acids is 1. The molecule has 1 heterocycles. The molecule has 0 bridgehead atoms. The van der Waals surface area contributed by atoms with Crippen LogP contribution in [0, 0.1) is 0 Å². The van der Waals surface area contributed by atoms with Crippen LogP contribution in [0.4, 0.5) is 5.69 Å². The summed E-state index contributed by atoms with van der Waals surface area (Å²) in [6.07, 6.45) is 1.66. The Morgan fingerprint density at radius 1 is 1.20 bits per heavy atom. The summed E-state index contributed by atoms with van der Waals surface area (Å²) >= 11 is 0. The molecular weight excluding hydrogens is 344 g/mol. The highest BCUT2D eigenvalue weighted by Crippen LogP contribution is 2.21. The van der Waals surface area contributed by atoms with Crippen molar-refractivity contribution in [1.82, 2.24) is 14.7 Å². The SMILES string of the molecule is CON(C)S(=O)(=O)c1ccc(C(=O)Nc2cccc3cn[nH]c23)cc1. The number of amides is 1. The van der Waals surface area contributed by atoms with Crippen molar-refractivity contribution < 1.29 is 18.0 Å². The zero-order valence-electron chi connectivity index (χ0n) is 13.6. The van der Waals surface area contributed by atoms with Crippen LogP contribution in [0.25, 0.3) is 10.9 Å². The van der Waals surface area contributed by atoms with Gasteiger partial charge in [0.25, 0.3) is 15.9 Å². The number of sulfonamides is 1. The van der Waals surface area contributed by atoms with Gasteiger partial charge in [0, 0.05) is 18.0 Å². The molecule has 25 heavy (non-hydrogen) atoms.